The number of likely N-dealkylation sites (tertiary alicyclic amines) is 1. The second-order valence-corrected chi connectivity index (χ2v) is 12.8. The average Bonchev–Trinajstić information content (AvgIpc) is 3.67. The first-order valence-electron chi connectivity index (χ1n) is 15.1. The van der Waals surface area contributed by atoms with Gasteiger partial charge in [0, 0.05) is 47.2 Å². The minimum Gasteiger partial charge on any atom is -0.334 e. The van der Waals surface area contributed by atoms with Gasteiger partial charge in [0.25, 0.3) is 5.91 Å². The van der Waals surface area contributed by atoms with Crippen molar-refractivity contribution in [3.05, 3.63) is 112 Å². The van der Waals surface area contributed by atoms with Crippen molar-refractivity contribution in [3.63, 3.8) is 0 Å². The number of anilines is 2. The van der Waals surface area contributed by atoms with Crippen LogP contribution in [-0.4, -0.2) is 53.8 Å². The fraction of sp³-hybridized carbons (Fsp3) is 0.265. The number of fused-ring (bicyclic) bond motifs is 3. The topological polar surface area (TPSA) is 89.2 Å². The quantitative estimate of drug-likeness (QED) is 0.201. The Morgan fingerprint density at radius 1 is 1.02 bits per heavy atom. The molecule has 2 aliphatic rings. The van der Waals surface area contributed by atoms with E-state index in [4.69, 9.17) is 5.10 Å². The van der Waals surface area contributed by atoms with Crippen LogP contribution in [0.2, 0.25) is 0 Å². The van der Waals surface area contributed by atoms with E-state index in [1.807, 2.05) is 73.3 Å². The molecule has 47 heavy (non-hydrogen) atoms. The van der Waals surface area contributed by atoms with Crippen LogP contribution in [0, 0.1) is 5.92 Å². The molecule has 3 aromatic carbocycles. The highest BCUT2D eigenvalue weighted by Gasteiger charge is 2.48. The van der Waals surface area contributed by atoms with Crippen molar-refractivity contribution in [1.82, 2.24) is 29.4 Å². The molecule has 13 heteroatoms. The average molecular weight is 705 g/mol. The smallest absolute Gasteiger partial charge is 0.334 e. The Hall–Kier alpha value is -4.78. The van der Waals surface area contributed by atoms with Gasteiger partial charge in [0.2, 0.25) is 5.91 Å². The summed E-state index contributed by atoms with van der Waals surface area (Å²) in [6.07, 6.45) is -0.548. The number of piperidine rings is 1. The largest absolute Gasteiger partial charge is 0.417 e. The first-order valence-corrected chi connectivity index (χ1v) is 15.9. The summed E-state index contributed by atoms with van der Waals surface area (Å²) in [5, 5.41) is 8.92. The summed E-state index contributed by atoms with van der Waals surface area (Å²) in [5.41, 5.74) is 2.40. The van der Waals surface area contributed by atoms with Gasteiger partial charge in [-0.05, 0) is 61.4 Å². The van der Waals surface area contributed by atoms with E-state index < -0.39 is 35.6 Å². The highest BCUT2D eigenvalue weighted by atomic mass is 79.9. The number of aryl methyl sites for hydroxylation is 1. The lowest BCUT2D eigenvalue weighted by Gasteiger charge is -2.47. The summed E-state index contributed by atoms with van der Waals surface area (Å²) < 4.78 is 44.4. The molecule has 240 valence electrons. The van der Waals surface area contributed by atoms with Gasteiger partial charge in [-0.1, -0.05) is 46.3 Å². The highest BCUT2D eigenvalue weighted by molar-refractivity contribution is 9.10. The lowest BCUT2D eigenvalue weighted by Crippen LogP contribution is -2.56. The van der Waals surface area contributed by atoms with Crippen LogP contribution in [0.5, 0.6) is 0 Å². The van der Waals surface area contributed by atoms with E-state index in [0.29, 0.717) is 30.2 Å². The zero-order valence-corrected chi connectivity index (χ0v) is 27.0. The molecule has 0 spiro atoms. The van der Waals surface area contributed by atoms with Crippen molar-refractivity contribution >= 4 is 39.2 Å². The monoisotopic (exact) mass is 703 g/mol. The molecule has 0 saturated carbocycles. The third kappa shape index (κ3) is 5.52. The number of carbonyl (C=O) groups excluding carboxylic acids is 2. The molecule has 1 saturated heterocycles. The standard InChI is InChI=1S/C34H29BrF3N7O2/c1-20-14-26-29(18-43(20)32(46)23-10-13-28(35)27(16-23)34(36,37)38)45-31(24(17-40-45)15-21-6-4-3-5-7-21)44(33(26)47)25-11-8-22(9-12-25)30-39-19-41-42(30)2/h3-13,16-17,19-20,26,29H,14-15,18H2,1-2H3/t20-,26?,29?/m1/s1. The first-order chi connectivity index (χ1) is 22.5. The number of aromatic nitrogens is 5. The number of hydrogen-bond acceptors (Lipinski definition) is 5. The lowest BCUT2D eigenvalue weighted by atomic mass is 9.84. The second-order valence-electron chi connectivity index (χ2n) is 11.9. The summed E-state index contributed by atoms with van der Waals surface area (Å²) in [6.45, 7) is 1.94. The molecule has 2 unspecified atom stereocenters. The van der Waals surface area contributed by atoms with E-state index in [2.05, 4.69) is 26.0 Å². The maximum atomic E-state index is 14.5. The Morgan fingerprint density at radius 3 is 2.45 bits per heavy atom. The molecule has 0 N–H and O–H groups in total. The molecule has 5 aromatic rings. The van der Waals surface area contributed by atoms with E-state index in [-0.39, 0.29) is 22.5 Å². The number of nitrogens with zero attached hydrogens (tertiary/aromatic N) is 7. The molecule has 9 nitrogen and oxygen atoms in total. The van der Waals surface area contributed by atoms with Gasteiger partial charge in [-0.3, -0.25) is 14.5 Å². The van der Waals surface area contributed by atoms with Crippen molar-refractivity contribution in [2.24, 2.45) is 13.0 Å². The van der Waals surface area contributed by atoms with Crippen LogP contribution in [0.15, 0.2) is 89.8 Å². The Labute approximate surface area is 276 Å². The van der Waals surface area contributed by atoms with Crippen LogP contribution in [0.25, 0.3) is 11.4 Å². The molecule has 0 radical (unpaired) electrons. The number of alkyl halides is 3. The molecule has 1 fully saturated rings. The van der Waals surface area contributed by atoms with Crippen LogP contribution in [-0.2, 0) is 24.4 Å². The maximum Gasteiger partial charge on any atom is 0.417 e. The van der Waals surface area contributed by atoms with Gasteiger partial charge in [0.05, 0.1) is 29.4 Å². The predicted molar refractivity (Wildman–Crippen MR) is 172 cm³/mol. The third-order valence-corrected chi connectivity index (χ3v) is 9.68. The lowest BCUT2D eigenvalue weighted by molar-refractivity contribution is -0.138. The molecule has 3 atom stereocenters. The van der Waals surface area contributed by atoms with Gasteiger partial charge in [-0.2, -0.15) is 23.4 Å². The molecule has 0 aliphatic carbocycles. The van der Waals surface area contributed by atoms with Gasteiger partial charge in [0.15, 0.2) is 5.82 Å². The molecule has 2 aliphatic heterocycles. The van der Waals surface area contributed by atoms with Crippen molar-refractivity contribution in [2.75, 3.05) is 11.4 Å². The van der Waals surface area contributed by atoms with Gasteiger partial charge in [0.1, 0.15) is 12.1 Å². The summed E-state index contributed by atoms with van der Waals surface area (Å²) in [7, 11) is 1.81. The number of benzene rings is 3. The molecule has 7 rings (SSSR count). The zero-order chi connectivity index (χ0) is 33.0. The Balaban J connectivity index is 1.27. The van der Waals surface area contributed by atoms with E-state index in [0.717, 1.165) is 22.8 Å². The van der Waals surface area contributed by atoms with E-state index in [1.165, 1.54) is 18.5 Å². The number of carbonyl (C=O) groups is 2. The van der Waals surface area contributed by atoms with Crippen molar-refractivity contribution in [2.45, 2.75) is 38.0 Å². The molecular formula is C34H29BrF3N7O2. The molecular weight excluding hydrogens is 675 g/mol. The third-order valence-electron chi connectivity index (χ3n) is 8.99. The summed E-state index contributed by atoms with van der Waals surface area (Å²) in [4.78, 5) is 35.9. The van der Waals surface area contributed by atoms with Crippen LogP contribution in [0.4, 0.5) is 24.7 Å². The Bertz CT molecular complexity index is 1970. The summed E-state index contributed by atoms with van der Waals surface area (Å²) >= 11 is 2.96. The van der Waals surface area contributed by atoms with Crippen LogP contribution >= 0.6 is 15.9 Å². The SMILES string of the molecule is C[C@@H]1CC2C(=O)N(c3ccc(-c4ncnn4C)cc3)c3c(Cc4ccccc4)cnn3C2CN1C(=O)c1ccc(Br)c(C(F)(F)F)c1. The minimum atomic E-state index is -4.63. The molecule has 2 aromatic heterocycles. The van der Waals surface area contributed by atoms with Crippen LogP contribution in [0.1, 0.15) is 46.4 Å². The van der Waals surface area contributed by atoms with Gasteiger partial charge >= 0.3 is 6.18 Å². The minimum absolute atomic E-state index is 0.0666. The number of halogens is 4. The Kier molecular flexibility index (Phi) is 7.74. The van der Waals surface area contributed by atoms with Gasteiger partial charge < -0.3 is 4.90 Å². The highest BCUT2D eigenvalue weighted by Crippen LogP contribution is 2.45. The van der Waals surface area contributed by atoms with E-state index >= 15 is 0 Å². The molecule has 0 bridgehead atoms. The van der Waals surface area contributed by atoms with Crippen molar-refractivity contribution < 1.29 is 22.8 Å². The van der Waals surface area contributed by atoms with Crippen LogP contribution in [0.3, 0.4) is 0 Å². The van der Waals surface area contributed by atoms with Gasteiger partial charge in [-0.25, -0.2) is 14.3 Å². The van der Waals surface area contributed by atoms with Crippen molar-refractivity contribution in [3.8, 4) is 11.4 Å². The van der Waals surface area contributed by atoms with Gasteiger partial charge in [-0.15, -0.1) is 0 Å². The van der Waals surface area contributed by atoms with E-state index in [9.17, 15) is 22.8 Å². The number of amides is 2. The maximum absolute atomic E-state index is 14.5. The fourth-order valence-corrected chi connectivity index (χ4v) is 7.13. The number of rotatable bonds is 5. The second kappa shape index (κ2) is 11.8. The molecule has 4 heterocycles. The first kappa shape index (κ1) is 30.9. The summed E-state index contributed by atoms with van der Waals surface area (Å²) in [5.74, 6) is 0.138. The van der Waals surface area contributed by atoms with Crippen molar-refractivity contribution in [1.29, 1.82) is 0 Å². The van der Waals surface area contributed by atoms with Crippen LogP contribution < -0.4 is 4.90 Å². The Morgan fingerprint density at radius 2 is 1.77 bits per heavy atom. The number of hydrogen-bond donors (Lipinski definition) is 0. The normalized spacial score (nSPS) is 19.4. The summed E-state index contributed by atoms with van der Waals surface area (Å²) in [6, 6.07) is 20.0. The zero-order valence-electron chi connectivity index (χ0n) is 25.4. The predicted octanol–water partition coefficient (Wildman–Crippen LogP) is 6.82. The molecule has 2 amide bonds. The fourth-order valence-electron chi connectivity index (χ4n) is 6.66. The van der Waals surface area contributed by atoms with E-state index in [1.54, 1.807) is 20.7 Å².